The Labute approximate surface area is 117 Å². The second-order valence-corrected chi connectivity index (χ2v) is 4.74. The van der Waals surface area contributed by atoms with Crippen LogP contribution in [0.2, 0.25) is 0 Å². The molecule has 0 aliphatic heterocycles. The van der Waals surface area contributed by atoms with Crippen LogP contribution in [-0.2, 0) is 6.42 Å². The summed E-state index contributed by atoms with van der Waals surface area (Å²) in [6.07, 6.45) is 5.86. The first-order valence-electron chi connectivity index (χ1n) is 6.56. The van der Waals surface area contributed by atoms with Crippen molar-refractivity contribution >= 4 is 10.8 Å². The van der Waals surface area contributed by atoms with Crippen LogP contribution in [0.3, 0.4) is 0 Å². The van der Waals surface area contributed by atoms with Gasteiger partial charge in [0, 0.05) is 12.4 Å². The molecule has 3 rings (SSSR count). The second kappa shape index (κ2) is 5.77. The van der Waals surface area contributed by atoms with Crippen LogP contribution in [0.5, 0.6) is 0 Å². The number of hydrogen-bond donors (Lipinski definition) is 2. The predicted molar refractivity (Wildman–Crippen MR) is 79.7 cm³/mol. The largest absolute Gasteiger partial charge is 0.271 e. The highest BCUT2D eigenvalue weighted by molar-refractivity contribution is 5.83. The lowest BCUT2D eigenvalue weighted by Gasteiger charge is -2.15. The van der Waals surface area contributed by atoms with E-state index in [1.165, 1.54) is 16.3 Å². The lowest BCUT2D eigenvalue weighted by Crippen LogP contribution is -2.30. The van der Waals surface area contributed by atoms with Gasteiger partial charge in [-0.1, -0.05) is 42.5 Å². The summed E-state index contributed by atoms with van der Waals surface area (Å²) in [5.41, 5.74) is 4.88. The molecule has 4 nitrogen and oxygen atoms in total. The number of nitrogens with two attached hydrogens (primary N) is 1. The van der Waals surface area contributed by atoms with Crippen LogP contribution in [0.4, 0.5) is 0 Å². The van der Waals surface area contributed by atoms with Crippen LogP contribution in [0.25, 0.3) is 10.8 Å². The Morgan fingerprint density at radius 1 is 1.05 bits per heavy atom. The zero-order valence-electron chi connectivity index (χ0n) is 11.0. The van der Waals surface area contributed by atoms with E-state index in [4.69, 9.17) is 5.84 Å². The van der Waals surface area contributed by atoms with Crippen molar-refractivity contribution in [2.45, 2.75) is 12.5 Å². The Kier molecular flexibility index (Phi) is 3.67. The molecule has 3 N–H and O–H groups in total. The fourth-order valence-electron chi connectivity index (χ4n) is 2.34. The number of rotatable bonds is 4. The van der Waals surface area contributed by atoms with Gasteiger partial charge in [0.05, 0.1) is 17.9 Å². The minimum atomic E-state index is -0.0372. The van der Waals surface area contributed by atoms with Crippen molar-refractivity contribution in [1.82, 2.24) is 15.4 Å². The number of nitrogens with one attached hydrogen (secondary N) is 1. The van der Waals surface area contributed by atoms with Crippen LogP contribution in [-0.4, -0.2) is 9.97 Å². The molecule has 0 saturated carbocycles. The Hall–Kier alpha value is -2.30. The molecule has 1 unspecified atom stereocenters. The number of hydrogen-bond acceptors (Lipinski definition) is 4. The average Bonchev–Trinajstić information content (AvgIpc) is 2.53. The molecule has 0 amide bonds. The van der Waals surface area contributed by atoms with Crippen molar-refractivity contribution in [2.24, 2.45) is 5.84 Å². The summed E-state index contributed by atoms with van der Waals surface area (Å²) in [5.74, 6) is 5.65. The molecule has 20 heavy (non-hydrogen) atoms. The van der Waals surface area contributed by atoms with Gasteiger partial charge in [0.25, 0.3) is 0 Å². The number of fused-ring (bicyclic) bond motifs is 1. The maximum Gasteiger partial charge on any atom is 0.0772 e. The Balaban J connectivity index is 1.87. The number of nitrogens with zero attached hydrogens (tertiary/aromatic N) is 2. The average molecular weight is 264 g/mol. The molecule has 0 radical (unpaired) electrons. The van der Waals surface area contributed by atoms with Gasteiger partial charge in [-0.2, -0.15) is 0 Å². The number of aromatic nitrogens is 2. The molecule has 1 aromatic heterocycles. The molecule has 1 heterocycles. The highest BCUT2D eigenvalue weighted by Gasteiger charge is 2.12. The summed E-state index contributed by atoms with van der Waals surface area (Å²) in [5, 5.41) is 2.48. The van der Waals surface area contributed by atoms with Gasteiger partial charge in [0.2, 0.25) is 0 Å². The topological polar surface area (TPSA) is 63.8 Å². The van der Waals surface area contributed by atoms with Gasteiger partial charge >= 0.3 is 0 Å². The Morgan fingerprint density at radius 2 is 1.90 bits per heavy atom. The fraction of sp³-hybridized carbons (Fsp3) is 0.125. The van der Waals surface area contributed by atoms with E-state index in [9.17, 15) is 0 Å². The predicted octanol–water partition coefficient (Wildman–Crippen LogP) is 2.38. The van der Waals surface area contributed by atoms with Crippen LogP contribution < -0.4 is 11.3 Å². The standard InChI is InChI=1S/C16H16N4/c17-20-15(16-11-18-7-8-19-16)10-12-5-6-13-3-1-2-4-14(13)9-12/h1-9,11,15,20H,10,17H2. The number of benzene rings is 2. The van der Waals surface area contributed by atoms with Gasteiger partial charge in [-0.05, 0) is 22.8 Å². The lowest BCUT2D eigenvalue weighted by atomic mass is 10.0. The van der Waals surface area contributed by atoms with Crippen LogP contribution >= 0.6 is 0 Å². The van der Waals surface area contributed by atoms with Crippen molar-refractivity contribution in [3.8, 4) is 0 Å². The highest BCUT2D eigenvalue weighted by Crippen LogP contribution is 2.20. The highest BCUT2D eigenvalue weighted by atomic mass is 15.2. The van der Waals surface area contributed by atoms with Gasteiger partial charge in [-0.25, -0.2) is 0 Å². The molecule has 3 aromatic rings. The fourth-order valence-corrected chi connectivity index (χ4v) is 2.34. The van der Waals surface area contributed by atoms with E-state index in [1.54, 1.807) is 18.6 Å². The van der Waals surface area contributed by atoms with E-state index in [2.05, 4.69) is 45.7 Å². The molecule has 100 valence electrons. The third-order valence-corrected chi connectivity index (χ3v) is 3.40. The smallest absolute Gasteiger partial charge is 0.0772 e. The summed E-state index contributed by atoms with van der Waals surface area (Å²) < 4.78 is 0. The molecule has 0 bridgehead atoms. The van der Waals surface area contributed by atoms with E-state index in [-0.39, 0.29) is 6.04 Å². The van der Waals surface area contributed by atoms with Gasteiger partial charge in [-0.15, -0.1) is 0 Å². The molecule has 2 aromatic carbocycles. The summed E-state index contributed by atoms with van der Waals surface area (Å²) in [6.45, 7) is 0. The Morgan fingerprint density at radius 3 is 2.65 bits per heavy atom. The van der Waals surface area contributed by atoms with Gasteiger partial charge in [0.15, 0.2) is 0 Å². The molecule has 0 saturated heterocycles. The van der Waals surface area contributed by atoms with Gasteiger partial charge in [0.1, 0.15) is 0 Å². The van der Waals surface area contributed by atoms with E-state index in [0.29, 0.717) is 0 Å². The first-order chi connectivity index (χ1) is 9.86. The normalized spacial score (nSPS) is 12.4. The molecule has 0 spiro atoms. The van der Waals surface area contributed by atoms with Crippen LogP contribution in [0.1, 0.15) is 17.3 Å². The maximum atomic E-state index is 5.65. The van der Waals surface area contributed by atoms with E-state index in [0.717, 1.165) is 12.1 Å². The third kappa shape index (κ3) is 2.66. The minimum absolute atomic E-state index is 0.0372. The summed E-state index contributed by atoms with van der Waals surface area (Å²) in [7, 11) is 0. The van der Waals surface area contributed by atoms with E-state index in [1.807, 2.05) is 12.1 Å². The minimum Gasteiger partial charge on any atom is -0.271 e. The molecule has 0 fully saturated rings. The first kappa shape index (κ1) is 12.7. The van der Waals surface area contributed by atoms with Crippen molar-refractivity contribution < 1.29 is 0 Å². The van der Waals surface area contributed by atoms with Gasteiger partial charge in [-0.3, -0.25) is 21.2 Å². The molecule has 0 aliphatic rings. The van der Waals surface area contributed by atoms with Crippen molar-refractivity contribution in [1.29, 1.82) is 0 Å². The zero-order valence-corrected chi connectivity index (χ0v) is 11.0. The monoisotopic (exact) mass is 264 g/mol. The second-order valence-electron chi connectivity index (χ2n) is 4.74. The van der Waals surface area contributed by atoms with Crippen molar-refractivity contribution in [3.05, 3.63) is 72.3 Å². The molecule has 4 heteroatoms. The van der Waals surface area contributed by atoms with E-state index >= 15 is 0 Å². The summed E-state index contributed by atoms with van der Waals surface area (Å²) in [4.78, 5) is 8.39. The van der Waals surface area contributed by atoms with Crippen LogP contribution in [0.15, 0.2) is 61.1 Å². The van der Waals surface area contributed by atoms with Crippen molar-refractivity contribution in [3.63, 3.8) is 0 Å². The Bertz CT molecular complexity index is 697. The molecule has 0 aliphatic carbocycles. The molecular formula is C16H16N4. The third-order valence-electron chi connectivity index (χ3n) is 3.40. The lowest BCUT2D eigenvalue weighted by molar-refractivity contribution is 0.536. The molecule has 1 atom stereocenters. The number of hydrazine groups is 1. The van der Waals surface area contributed by atoms with Crippen molar-refractivity contribution in [2.75, 3.05) is 0 Å². The van der Waals surface area contributed by atoms with Crippen LogP contribution in [0, 0.1) is 0 Å². The summed E-state index contributed by atoms with van der Waals surface area (Å²) in [6, 6.07) is 14.7. The van der Waals surface area contributed by atoms with Gasteiger partial charge < -0.3 is 0 Å². The zero-order chi connectivity index (χ0) is 13.8. The molecular weight excluding hydrogens is 248 g/mol. The first-order valence-corrected chi connectivity index (χ1v) is 6.56. The SMILES string of the molecule is NNC(Cc1ccc2ccccc2c1)c1cnccn1. The summed E-state index contributed by atoms with van der Waals surface area (Å²) >= 11 is 0. The quantitative estimate of drug-likeness (QED) is 0.561. The maximum absolute atomic E-state index is 5.65. The van der Waals surface area contributed by atoms with E-state index < -0.39 is 0 Å².